The second-order valence-corrected chi connectivity index (χ2v) is 4.26. The third kappa shape index (κ3) is 4.15. The molecule has 4 nitrogen and oxygen atoms in total. The summed E-state index contributed by atoms with van der Waals surface area (Å²) in [5, 5.41) is 0. The Morgan fingerprint density at radius 1 is 1.20 bits per heavy atom. The maximum absolute atomic E-state index is 12.0. The number of likely N-dealkylation sites (N-methyl/N-ethyl adjacent to an activating group) is 1. The SMILES string of the molecule is CN(CCc1ccncc1)c1ccc(OC(F)F)cn1. The summed E-state index contributed by atoms with van der Waals surface area (Å²) in [7, 11) is 1.90. The van der Waals surface area contributed by atoms with E-state index < -0.39 is 6.61 Å². The van der Waals surface area contributed by atoms with Crippen molar-refractivity contribution in [2.45, 2.75) is 13.0 Å². The van der Waals surface area contributed by atoms with Gasteiger partial charge in [0.2, 0.25) is 0 Å². The Morgan fingerprint density at radius 2 is 1.95 bits per heavy atom. The van der Waals surface area contributed by atoms with Crippen molar-refractivity contribution in [3.05, 3.63) is 48.4 Å². The minimum absolute atomic E-state index is 0.0614. The molecule has 2 aromatic rings. The quantitative estimate of drug-likeness (QED) is 0.815. The van der Waals surface area contributed by atoms with Crippen molar-refractivity contribution in [1.29, 1.82) is 0 Å². The topological polar surface area (TPSA) is 38.2 Å². The van der Waals surface area contributed by atoms with Crippen LogP contribution in [0.3, 0.4) is 0 Å². The van der Waals surface area contributed by atoms with E-state index in [1.807, 2.05) is 24.1 Å². The lowest BCUT2D eigenvalue weighted by atomic mass is 10.2. The monoisotopic (exact) mass is 279 g/mol. The molecular weight excluding hydrogens is 264 g/mol. The largest absolute Gasteiger partial charge is 0.433 e. The van der Waals surface area contributed by atoms with Crippen LogP contribution in [0.1, 0.15) is 5.56 Å². The zero-order valence-electron chi connectivity index (χ0n) is 11.0. The van der Waals surface area contributed by atoms with Crippen LogP contribution in [0.5, 0.6) is 5.75 Å². The first-order valence-electron chi connectivity index (χ1n) is 6.16. The molecule has 0 bridgehead atoms. The summed E-state index contributed by atoms with van der Waals surface area (Å²) in [6, 6.07) is 7.06. The summed E-state index contributed by atoms with van der Waals surface area (Å²) in [5.41, 5.74) is 1.18. The lowest BCUT2D eigenvalue weighted by molar-refractivity contribution is -0.0500. The number of hydrogen-bond acceptors (Lipinski definition) is 4. The van der Waals surface area contributed by atoms with Gasteiger partial charge in [-0.25, -0.2) is 4.98 Å². The number of nitrogens with zero attached hydrogens (tertiary/aromatic N) is 3. The summed E-state index contributed by atoms with van der Waals surface area (Å²) in [6.07, 6.45) is 5.66. The van der Waals surface area contributed by atoms with Crippen LogP contribution in [0, 0.1) is 0 Å². The van der Waals surface area contributed by atoms with E-state index in [0.717, 1.165) is 13.0 Å². The maximum atomic E-state index is 12.0. The third-order valence-electron chi connectivity index (χ3n) is 2.82. The predicted octanol–water partition coefficient (Wildman–Crippen LogP) is 2.76. The van der Waals surface area contributed by atoms with Crippen molar-refractivity contribution < 1.29 is 13.5 Å². The summed E-state index contributed by atoms with van der Waals surface area (Å²) in [6.45, 7) is -2.06. The number of hydrogen-bond donors (Lipinski definition) is 0. The van der Waals surface area contributed by atoms with E-state index >= 15 is 0 Å². The molecule has 0 aliphatic heterocycles. The van der Waals surface area contributed by atoms with Crippen LogP contribution in [0.4, 0.5) is 14.6 Å². The summed E-state index contributed by atoms with van der Waals surface area (Å²) >= 11 is 0. The third-order valence-corrected chi connectivity index (χ3v) is 2.82. The molecule has 106 valence electrons. The summed E-state index contributed by atoms with van der Waals surface area (Å²) in [4.78, 5) is 10.0. The summed E-state index contributed by atoms with van der Waals surface area (Å²) in [5.74, 6) is 0.770. The zero-order chi connectivity index (χ0) is 14.4. The lowest BCUT2D eigenvalue weighted by Gasteiger charge is -2.18. The van der Waals surface area contributed by atoms with E-state index in [4.69, 9.17) is 0 Å². The molecule has 0 radical (unpaired) electrons. The molecule has 0 saturated heterocycles. The minimum Gasteiger partial charge on any atom is -0.433 e. The highest BCUT2D eigenvalue weighted by molar-refractivity contribution is 5.40. The number of rotatable bonds is 6. The lowest BCUT2D eigenvalue weighted by Crippen LogP contribution is -2.21. The van der Waals surface area contributed by atoms with Crippen LogP contribution < -0.4 is 9.64 Å². The number of pyridine rings is 2. The molecule has 0 aliphatic carbocycles. The van der Waals surface area contributed by atoms with E-state index in [1.54, 1.807) is 18.5 Å². The number of aromatic nitrogens is 2. The van der Waals surface area contributed by atoms with E-state index in [0.29, 0.717) is 5.82 Å². The Bertz CT molecular complexity index is 520. The van der Waals surface area contributed by atoms with Crippen molar-refractivity contribution in [2.24, 2.45) is 0 Å². The van der Waals surface area contributed by atoms with Gasteiger partial charge in [0.05, 0.1) is 6.20 Å². The van der Waals surface area contributed by atoms with Gasteiger partial charge in [-0.1, -0.05) is 0 Å². The second kappa shape index (κ2) is 6.79. The van der Waals surface area contributed by atoms with Crippen LogP contribution in [-0.2, 0) is 6.42 Å². The Balaban J connectivity index is 1.90. The molecule has 6 heteroatoms. The van der Waals surface area contributed by atoms with Crippen molar-refractivity contribution in [3.63, 3.8) is 0 Å². The van der Waals surface area contributed by atoms with Crippen LogP contribution in [0.25, 0.3) is 0 Å². The smallest absolute Gasteiger partial charge is 0.387 e. The first-order chi connectivity index (χ1) is 9.65. The van der Waals surface area contributed by atoms with Gasteiger partial charge in [0.25, 0.3) is 0 Å². The Hall–Kier alpha value is -2.24. The molecule has 0 saturated carbocycles. The highest BCUT2D eigenvalue weighted by Gasteiger charge is 2.06. The molecule has 2 aromatic heterocycles. The van der Waals surface area contributed by atoms with Gasteiger partial charge in [0.15, 0.2) is 0 Å². The molecule has 0 spiro atoms. The number of anilines is 1. The Morgan fingerprint density at radius 3 is 2.55 bits per heavy atom. The van der Waals surface area contributed by atoms with Crippen LogP contribution in [0.2, 0.25) is 0 Å². The maximum Gasteiger partial charge on any atom is 0.387 e. The van der Waals surface area contributed by atoms with Crippen molar-refractivity contribution in [2.75, 3.05) is 18.5 Å². The second-order valence-electron chi connectivity index (χ2n) is 4.26. The highest BCUT2D eigenvalue weighted by atomic mass is 19.3. The van der Waals surface area contributed by atoms with E-state index in [2.05, 4.69) is 14.7 Å². The van der Waals surface area contributed by atoms with Crippen molar-refractivity contribution in [3.8, 4) is 5.75 Å². The molecule has 0 aliphatic rings. The molecule has 0 amide bonds. The Kier molecular flexibility index (Phi) is 4.81. The Labute approximate surface area is 116 Å². The summed E-state index contributed by atoms with van der Waals surface area (Å²) < 4.78 is 28.3. The van der Waals surface area contributed by atoms with E-state index in [1.165, 1.54) is 17.8 Å². The van der Waals surface area contributed by atoms with E-state index in [-0.39, 0.29) is 5.75 Å². The van der Waals surface area contributed by atoms with Crippen LogP contribution >= 0.6 is 0 Å². The van der Waals surface area contributed by atoms with E-state index in [9.17, 15) is 8.78 Å². The molecule has 0 aromatic carbocycles. The number of alkyl halides is 2. The fourth-order valence-electron chi connectivity index (χ4n) is 1.73. The fraction of sp³-hybridized carbons (Fsp3) is 0.286. The van der Waals surface area contributed by atoms with Crippen LogP contribution in [-0.4, -0.2) is 30.2 Å². The average molecular weight is 279 g/mol. The van der Waals surface area contributed by atoms with Gasteiger partial charge in [0.1, 0.15) is 11.6 Å². The molecule has 20 heavy (non-hydrogen) atoms. The van der Waals surface area contributed by atoms with Crippen molar-refractivity contribution in [1.82, 2.24) is 9.97 Å². The van der Waals surface area contributed by atoms with Crippen molar-refractivity contribution >= 4 is 5.82 Å². The van der Waals surface area contributed by atoms with Gasteiger partial charge in [0, 0.05) is 26.0 Å². The molecule has 2 rings (SSSR count). The highest BCUT2D eigenvalue weighted by Crippen LogP contribution is 2.17. The molecular formula is C14H15F2N3O. The van der Waals surface area contributed by atoms with Gasteiger partial charge >= 0.3 is 6.61 Å². The standard InChI is InChI=1S/C14H15F2N3O/c1-19(9-6-11-4-7-17-8-5-11)13-3-2-12(10-18-13)20-14(15)16/h2-5,7-8,10,14H,6,9H2,1H3. The average Bonchev–Trinajstić information content (AvgIpc) is 2.46. The van der Waals surface area contributed by atoms with Gasteiger partial charge in [-0.2, -0.15) is 8.78 Å². The van der Waals surface area contributed by atoms with Gasteiger partial charge in [-0.15, -0.1) is 0 Å². The molecule has 0 fully saturated rings. The van der Waals surface area contributed by atoms with Gasteiger partial charge in [-0.05, 0) is 36.2 Å². The molecule has 2 heterocycles. The fourth-order valence-corrected chi connectivity index (χ4v) is 1.73. The first-order valence-corrected chi connectivity index (χ1v) is 6.16. The number of halogens is 2. The number of ether oxygens (including phenoxy) is 1. The normalized spacial score (nSPS) is 10.6. The van der Waals surface area contributed by atoms with Gasteiger partial charge in [-0.3, -0.25) is 4.98 Å². The zero-order valence-corrected chi connectivity index (χ0v) is 11.0. The molecule has 0 atom stereocenters. The van der Waals surface area contributed by atoms with Gasteiger partial charge < -0.3 is 9.64 Å². The molecule has 0 N–H and O–H groups in total. The molecule has 0 unspecified atom stereocenters. The minimum atomic E-state index is -2.83. The van der Waals surface area contributed by atoms with Crippen LogP contribution in [0.15, 0.2) is 42.9 Å². The first kappa shape index (κ1) is 14.2. The predicted molar refractivity (Wildman–Crippen MR) is 72.1 cm³/mol.